The van der Waals surface area contributed by atoms with Crippen molar-refractivity contribution in [1.82, 2.24) is 0 Å². The predicted molar refractivity (Wildman–Crippen MR) is 80.8 cm³/mol. The summed E-state index contributed by atoms with van der Waals surface area (Å²) in [4.78, 5) is 0. The standard InChI is InChI=1S/C14H20OSSi/c1-9-7-8-11(15-3)13-12(9)10(2)14(16-13)17(4,5)6/h7-8H,1-6H3. The highest BCUT2D eigenvalue weighted by atomic mass is 32.1. The number of methoxy groups -OCH3 is 1. The van der Waals surface area contributed by atoms with Crippen LogP contribution in [0.2, 0.25) is 19.6 Å². The first-order valence-electron chi connectivity index (χ1n) is 5.93. The lowest BCUT2D eigenvalue weighted by molar-refractivity contribution is 0.420. The molecule has 0 N–H and O–H groups in total. The van der Waals surface area contributed by atoms with Gasteiger partial charge in [0.1, 0.15) is 5.75 Å². The zero-order valence-electron chi connectivity index (χ0n) is 11.5. The monoisotopic (exact) mass is 264 g/mol. The molecule has 2 aromatic rings. The first-order chi connectivity index (χ1) is 7.86. The van der Waals surface area contributed by atoms with E-state index in [1.165, 1.54) is 21.2 Å². The van der Waals surface area contributed by atoms with Gasteiger partial charge in [-0.2, -0.15) is 0 Å². The number of ether oxygens (including phenoxy) is 1. The molecular formula is C14H20OSSi. The van der Waals surface area contributed by atoms with Crippen LogP contribution in [0.5, 0.6) is 5.75 Å². The van der Waals surface area contributed by atoms with E-state index < -0.39 is 8.07 Å². The Morgan fingerprint density at radius 3 is 2.29 bits per heavy atom. The highest BCUT2D eigenvalue weighted by Gasteiger charge is 2.24. The number of thiophene rings is 1. The third-order valence-electron chi connectivity index (χ3n) is 3.15. The lowest BCUT2D eigenvalue weighted by atomic mass is 10.1. The lowest BCUT2D eigenvalue weighted by Gasteiger charge is -2.14. The molecule has 0 saturated carbocycles. The largest absolute Gasteiger partial charge is 0.495 e. The van der Waals surface area contributed by atoms with E-state index in [0.717, 1.165) is 5.75 Å². The maximum Gasteiger partial charge on any atom is 0.136 e. The Morgan fingerprint density at radius 2 is 1.76 bits per heavy atom. The first-order valence-corrected chi connectivity index (χ1v) is 10.2. The molecule has 0 bridgehead atoms. The van der Waals surface area contributed by atoms with Crippen LogP contribution in [0, 0.1) is 13.8 Å². The Balaban J connectivity index is 2.85. The molecule has 1 nitrogen and oxygen atoms in total. The van der Waals surface area contributed by atoms with Crippen LogP contribution >= 0.6 is 11.3 Å². The van der Waals surface area contributed by atoms with Gasteiger partial charge in [-0.15, -0.1) is 11.3 Å². The van der Waals surface area contributed by atoms with Crippen LogP contribution in [0.3, 0.4) is 0 Å². The van der Waals surface area contributed by atoms with E-state index in [1.807, 2.05) is 11.3 Å². The van der Waals surface area contributed by atoms with Crippen LogP contribution in [-0.2, 0) is 0 Å². The van der Waals surface area contributed by atoms with Gasteiger partial charge in [-0.3, -0.25) is 0 Å². The Morgan fingerprint density at radius 1 is 1.12 bits per heavy atom. The van der Waals surface area contributed by atoms with Crippen LogP contribution in [0.4, 0.5) is 0 Å². The van der Waals surface area contributed by atoms with Gasteiger partial charge in [-0.05, 0) is 35.5 Å². The van der Waals surface area contributed by atoms with E-state index in [-0.39, 0.29) is 0 Å². The number of fused-ring (bicyclic) bond motifs is 1. The Hall–Kier alpha value is -0.803. The van der Waals surface area contributed by atoms with Gasteiger partial charge in [0.15, 0.2) is 0 Å². The molecule has 0 radical (unpaired) electrons. The molecule has 0 aliphatic rings. The minimum atomic E-state index is -1.26. The SMILES string of the molecule is COc1ccc(C)c2c(C)c([Si](C)(C)C)sc12. The average Bonchev–Trinajstić information content (AvgIpc) is 2.58. The molecule has 0 amide bonds. The van der Waals surface area contributed by atoms with E-state index in [1.54, 1.807) is 11.6 Å². The molecular weight excluding hydrogens is 244 g/mol. The third-order valence-corrected chi connectivity index (χ3v) is 8.15. The molecule has 3 heteroatoms. The fraction of sp³-hybridized carbons (Fsp3) is 0.429. The van der Waals surface area contributed by atoms with Crippen molar-refractivity contribution in [3.05, 3.63) is 23.3 Å². The smallest absolute Gasteiger partial charge is 0.136 e. The van der Waals surface area contributed by atoms with Crippen molar-refractivity contribution in [2.24, 2.45) is 0 Å². The molecule has 0 aliphatic carbocycles. The highest BCUT2D eigenvalue weighted by Crippen LogP contribution is 2.35. The van der Waals surface area contributed by atoms with Gasteiger partial charge in [-0.25, -0.2) is 0 Å². The molecule has 92 valence electrons. The second kappa shape index (κ2) is 4.14. The van der Waals surface area contributed by atoms with Gasteiger partial charge in [-0.1, -0.05) is 25.7 Å². The molecule has 0 spiro atoms. The van der Waals surface area contributed by atoms with E-state index in [9.17, 15) is 0 Å². The fourth-order valence-electron chi connectivity index (χ4n) is 2.40. The zero-order valence-corrected chi connectivity index (χ0v) is 13.3. The number of benzene rings is 1. The van der Waals surface area contributed by atoms with E-state index >= 15 is 0 Å². The molecule has 17 heavy (non-hydrogen) atoms. The van der Waals surface area contributed by atoms with Crippen LogP contribution in [-0.4, -0.2) is 15.2 Å². The minimum absolute atomic E-state index is 1.02. The van der Waals surface area contributed by atoms with Crippen molar-refractivity contribution in [3.8, 4) is 5.75 Å². The third kappa shape index (κ3) is 2.02. The van der Waals surface area contributed by atoms with Crippen molar-refractivity contribution < 1.29 is 4.74 Å². The van der Waals surface area contributed by atoms with Crippen molar-refractivity contribution in [3.63, 3.8) is 0 Å². The summed E-state index contributed by atoms with van der Waals surface area (Å²) in [6.45, 7) is 11.7. The summed E-state index contributed by atoms with van der Waals surface area (Å²) in [6, 6.07) is 4.25. The molecule has 2 rings (SSSR count). The molecule has 0 saturated heterocycles. The summed E-state index contributed by atoms with van der Waals surface area (Å²) in [5, 5.41) is 1.41. The van der Waals surface area contributed by atoms with E-state index in [0.29, 0.717) is 0 Å². The van der Waals surface area contributed by atoms with Crippen molar-refractivity contribution in [1.29, 1.82) is 0 Å². The molecule has 1 heterocycles. The summed E-state index contributed by atoms with van der Waals surface area (Å²) in [6.07, 6.45) is 0. The first kappa shape index (κ1) is 12.6. The summed E-state index contributed by atoms with van der Waals surface area (Å²) in [5.74, 6) is 1.02. The molecule has 0 fully saturated rings. The summed E-state index contributed by atoms with van der Waals surface area (Å²) < 4.78 is 8.41. The molecule has 0 unspecified atom stereocenters. The van der Waals surface area contributed by atoms with Crippen molar-refractivity contribution in [2.75, 3.05) is 7.11 Å². The van der Waals surface area contributed by atoms with Gasteiger partial charge < -0.3 is 4.74 Å². The van der Waals surface area contributed by atoms with E-state index in [2.05, 4.69) is 45.6 Å². The van der Waals surface area contributed by atoms with Crippen LogP contribution in [0.15, 0.2) is 12.1 Å². The van der Waals surface area contributed by atoms with E-state index in [4.69, 9.17) is 4.74 Å². The number of aryl methyl sites for hydroxylation is 2. The summed E-state index contributed by atoms with van der Waals surface area (Å²) in [5.41, 5.74) is 2.83. The maximum atomic E-state index is 5.49. The number of rotatable bonds is 2. The minimum Gasteiger partial charge on any atom is -0.495 e. The quantitative estimate of drug-likeness (QED) is 0.743. The van der Waals surface area contributed by atoms with Gasteiger partial charge in [0, 0.05) is 5.39 Å². The van der Waals surface area contributed by atoms with Crippen molar-refractivity contribution >= 4 is 34.0 Å². The van der Waals surface area contributed by atoms with Gasteiger partial charge in [0.05, 0.1) is 19.9 Å². The predicted octanol–water partition coefficient (Wildman–Crippen LogP) is 4.07. The highest BCUT2D eigenvalue weighted by molar-refractivity contribution is 7.32. The van der Waals surface area contributed by atoms with Gasteiger partial charge in [0.25, 0.3) is 0 Å². The normalized spacial score (nSPS) is 12.1. The van der Waals surface area contributed by atoms with Gasteiger partial charge >= 0.3 is 0 Å². The van der Waals surface area contributed by atoms with Crippen LogP contribution in [0.25, 0.3) is 10.1 Å². The van der Waals surface area contributed by atoms with Crippen LogP contribution < -0.4 is 9.24 Å². The fourth-order valence-corrected chi connectivity index (χ4v) is 6.31. The molecule has 1 aromatic carbocycles. The lowest BCUT2D eigenvalue weighted by Crippen LogP contribution is -2.36. The Kier molecular flexibility index (Phi) is 3.08. The second-order valence-electron chi connectivity index (χ2n) is 5.60. The molecule has 0 aliphatic heterocycles. The molecule has 0 atom stereocenters. The Labute approximate surface area is 108 Å². The van der Waals surface area contributed by atoms with Crippen molar-refractivity contribution in [2.45, 2.75) is 33.5 Å². The zero-order chi connectivity index (χ0) is 12.8. The van der Waals surface area contributed by atoms with Gasteiger partial charge in [0.2, 0.25) is 0 Å². The second-order valence-corrected chi connectivity index (χ2v) is 12.0. The topological polar surface area (TPSA) is 9.23 Å². The maximum absolute atomic E-state index is 5.49. The summed E-state index contributed by atoms with van der Waals surface area (Å²) >= 11 is 1.93. The number of hydrogen-bond acceptors (Lipinski definition) is 2. The number of hydrogen-bond donors (Lipinski definition) is 0. The average molecular weight is 264 g/mol. The summed E-state index contributed by atoms with van der Waals surface area (Å²) in [7, 11) is 0.501. The van der Waals surface area contributed by atoms with Crippen LogP contribution in [0.1, 0.15) is 11.1 Å². The molecule has 1 aromatic heterocycles. The Bertz CT molecular complexity index is 564.